The molecule has 6 heteroatoms. The summed E-state index contributed by atoms with van der Waals surface area (Å²) in [6, 6.07) is 4.76. The Kier molecular flexibility index (Phi) is 6.08. The van der Waals surface area contributed by atoms with Crippen LogP contribution in [0.3, 0.4) is 0 Å². The maximum atomic E-state index is 11.4. The van der Waals surface area contributed by atoms with E-state index in [2.05, 4.69) is 5.32 Å². The quantitative estimate of drug-likeness (QED) is 0.701. The molecule has 0 atom stereocenters. The normalized spacial score (nSPS) is 9.20. The van der Waals surface area contributed by atoms with Crippen molar-refractivity contribution in [1.82, 2.24) is 5.32 Å². The highest BCUT2D eigenvalue weighted by Crippen LogP contribution is 2.18. The highest BCUT2D eigenvalue weighted by molar-refractivity contribution is 6.34. The fourth-order valence-electron chi connectivity index (χ4n) is 0.996. The van der Waals surface area contributed by atoms with Gasteiger partial charge in [0.2, 0.25) is 0 Å². The van der Waals surface area contributed by atoms with Gasteiger partial charge in [0.1, 0.15) is 0 Å². The minimum absolute atomic E-state index is 0. The van der Waals surface area contributed by atoms with E-state index in [-0.39, 0.29) is 18.3 Å². The van der Waals surface area contributed by atoms with Gasteiger partial charge in [0.25, 0.3) is 5.91 Å². The number of nitrogens with one attached hydrogen (secondary N) is 1. The third kappa shape index (κ3) is 3.95. The third-order valence-electron chi connectivity index (χ3n) is 1.67. The van der Waals surface area contributed by atoms with Gasteiger partial charge in [0, 0.05) is 18.8 Å². The van der Waals surface area contributed by atoms with Crippen molar-refractivity contribution in [2.45, 2.75) is 0 Å². The topological polar surface area (TPSA) is 81.1 Å². The molecule has 0 bridgehead atoms. The number of rotatable bonds is 3. The fourth-order valence-corrected chi connectivity index (χ4v) is 1.27. The van der Waals surface area contributed by atoms with Crippen LogP contribution in [0.1, 0.15) is 10.4 Å². The standard InChI is InChI=1S/C9H12ClN3O.ClH/c10-8-5-6(12)1-2-7(8)9(14)13-4-3-11;/h1-2,5H,3-4,11-12H2,(H,13,14);1H. The Bertz CT molecular complexity index is 344. The fraction of sp³-hybridized carbons (Fsp3) is 0.222. The molecule has 0 unspecified atom stereocenters. The molecule has 0 aliphatic rings. The maximum absolute atomic E-state index is 11.4. The molecule has 0 fully saturated rings. The lowest BCUT2D eigenvalue weighted by Crippen LogP contribution is -2.29. The molecular formula is C9H13Cl2N3O. The number of carbonyl (C=O) groups excluding carboxylic acids is 1. The van der Waals surface area contributed by atoms with Gasteiger partial charge in [-0.05, 0) is 18.2 Å². The molecule has 0 spiro atoms. The van der Waals surface area contributed by atoms with Crippen molar-refractivity contribution in [2.75, 3.05) is 18.8 Å². The van der Waals surface area contributed by atoms with Crippen LogP contribution in [0.5, 0.6) is 0 Å². The molecule has 15 heavy (non-hydrogen) atoms. The van der Waals surface area contributed by atoms with Crippen LogP contribution in [0.4, 0.5) is 5.69 Å². The number of amides is 1. The number of anilines is 1. The summed E-state index contributed by atoms with van der Waals surface area (Å²) in [5, 5.41) is 2.97. The average Bonchev–Trinajstić information content (AvgIpc) is 2.14. The summed E-state index contributed by atoms with van der Waals surface area (Å²) >= 11 is 5.83. The smallest absolute Gasteiger partial charge is 0.252 e. The second-order valence-corrected chi connectivity index (χ2v) is 3.19. The van der Waals surface area contributed by atoms with E-state index in [9.17, 15) is 4.79 Å². The maximum Gasteiger partial charge on any atom is 0.252 e. The summed E-state index contributed by atoms with van der Waals surface area (Å²) in [6.45, 7) is 0.831. The molecule has 84 valence electrons. The van der Waals surface area contributed by atoms with Crippen molar-refractivity contribution >= 4 is 35.6 Å². The summed E-state index contributed by atoms with van der Waals surface area (Å²) in [6.07, 6.45) is 0. The Balaban J connectivity index is 0.00000196. The summed E-state index contributed by atoms with van der Waals surface area (Å²) in [7, 11) is 0. The molecule has 0 radical (unpaired) electrons. The SMILES string of the molecule is Cl.NCCNC(=O)c1ccc(N)cc1Cl. The molecule has 0 aromatic heterocycles. The molecule has 1 amide bonds. The van der Waals surface area contributed by atoms with E-state index >= 15 is 0 Å². The first-order valence-electron chi connectivity index (χ1n) is 4.18. The largest absolute Gasteiger partial charge is 0.399 e. The number of hydrogen-bond donors (Lipinski definition) is 3. The van der Waals surface area contributed by atoms with E-state index in [4.69, 9.17) is 23.1 Å². The van der Waals surface area contributed by atoms with Gasteiger partial charge >= 0.3 is 0 Å². The molecule has 0 saturated heterocycles. The molecule has 5 N–H and O–H groups in total. The zero-order valence-corrected chi connectivity index (χ0v) is 9.57. The van der Waals surface area contributed by atoms with Gasteiger partial charge in [0.15, 0.2) is 0 Å². The molecule has 1 rings (SSSR count). The van der Waals surface area contributed by atoms with Gasteiger partial charge in [-0.2, -0.15) is 0 Å². The second-order valence-electron chi connectivity index (χ2n) is 2.78. The van der Waals surface area contributed by atoms with Crippen molar-refractivity contribution in [2.24, 2.45) is 5.73 Å². The first-order chi connectivity index (χ1) is 6.65. The van der Waals surface area contributed by atoms with Crippen molar-refractivity contribution in [3.8, 4) is 0 Å². The highest BCUT2D eigenvalue weighted by Gasteiger charge is 2.08. The van der Waals surface area contributed by atoms with Crippen LogP contribution < -0.4 is 16.8 Å². The van der Waals surface area contributed by atoms with Crippen LogP contribution in [0, 0.1) is 0 Å². The number of nitrogen functional groups attached to an aromatic ring is 1. The monoisotopic (exact) mass is 249 g/mol. The number of halogens is 2. The van der Waals surface area contributed by atoms with Crippen molar-refractivity contribution in [1.29, 1.82) is 0 Å². The summed E-state index contributed by atoms with van der Waals surface area (Å²) in [5.41, 5.74) is 11.7. The Morgan fingerprint density at radius 2 is 2.13 bits per heavy atom. The van der Waals surface area contributed by atoms with Gasteiger partial charge in [-0.3, -0.25) is 4.79 Å². The van der Waals surface area contributed by atoms with Crippen LogP contribution in [-0.4, -0.2) is 19.0 Å². The van der Waals surface area contributed by atoms with Crippen LogP contribution >= 0.6 is 24.0 Å². The number of nitrogens with two attached hydrogens (primary N) is 2. The van der Waals surface area contributed by atoms with E-state index < -0.39 is 0 Å². The summed E-state index contributed by atoms with van der Waals surface area (Å²) in [5.74, 6) is -0.236. The van der Waals surface area contributed by atoms with Crippen LogP contribution in [0.15, 0.2) is 18.2 Å². The Labute approximate surface area is 99.4 Å². The van der Waals surface area contributed by atoms with Gasteiger partial charge in [-0.1, -0.05) is 11.6 Å². The van der Waals surface area contributed by atoms with Crippen LogP contribution in [0.25, 0.3) is 0 Å². The zero-order valence-electron chi connectivity index (χ0n) is 8.00. The average molecular weight is 250 g/mol. The number of hydrogen-bond acceptors (Lipinski definition) is 3. The molecule has 1 aromatic carbocycles. The molecular weight excluding hydrogens is 237 g/mol. The first kappa shape index (κ1) is 14.0. The Hall–Kier alpha value is -0.970. The third-order valence-corrected chi connectivity index (χ3v) is 1.98. The van der Waals surface area contributed by atoms with Gasteiger partial charge in [-0.15, -0.1) is 12.4 Å². The number of benzene rings is 1. The van der Waals surface area contributed by atoms with E-state index in [1.165, 1.54) is 0 Å². The van der Waals surface area contributed by atoms with E-state index in [1.54, 1.807) is 18.2 Å². The van der Waals surface area contributed by atoms with Crippen LogP contribution in [0.2, 0.25) is 5.02 Å². The minimum atomic E-state index is -0.236. The molecule has 0 heterocycles. The highest BCUT2D eigenvalue weighted by atomic mass is 35.5. The van der Waals surface area contributed by atoms with Crippen molar-refractivity contribution in [3.05, 3.63) is 28.8 Å². The van der Waals surface area contributed by atoms with E-state index in [0.717, 1.165) is 0 Å². The van der Waals surface area contributed by atoms with Crippen LogP contribution in [-0.2, 0) is 0 Å². The van der Waals surface area contributed by atoms with E-state index in [0.29, 0.717) is 29.4 Å². The molecule has 4 nitrogen and oxygen atoms in total. The lowest BCUT2D eigenvalue weighted by atomic mass is 10.2. The van der Waals surface area contributed by atoms with Gasteiger partial charge in [-0.25, -0.2) is 0 Å². The molecule has 0 aliphatic heterocycles. The second kappa shape index (κ2) is 6.50. The van der Waals surface area contributed by atoms with Gasteiger partial charge in [0.05, 0.1) is 10.6 Å². The summed E-state index contributed by atoms with van der Waals surface area (Å²) < 4.78 is 0. The Morgan fingerprint density at radius 3 is 2.67 bits per heavy atom. The van der Waals surface area contributed by atoms with Crippen molar-refractivity contribution in [3.63, 3.8) is 0 Å². The van der Waals surface area contributed by atoms with Crippen molar-refractivity contribution < 1.29 is 4.79 Å². The lowest BCUT2D eigenvalue weighted by molar-refractivity contribution is 0.0955. The zero-order chi connectivity index (χ0) is 10.6. The van der Waals surface area contributed by atoms with E-state index in [1.807, 2.05) is 0 Å². The number of carbonyl (C=O) groups is 1. The Morgan fingerprint density at radius 1 is 1.47 bits per heavy atom. The lowest BCUT2D eigenvalue weighted by Gasteiger charge is -2.05. The minimum Gasteiger partial charge on any atom is -0.399 e. The van der Waals surface area contributed by atoms with Gasteiger partial charge < -0.3 is 16.8 Å². The first-order valence-corrected chi connectivity index (χ1v) is 4.56. The predicted octanol–water partition coefficient (Wildman–Crippen LogP) is 1.03. The molecule has 0 saturated carbocycles. The molecule has 0 aliphatic carbocycles. The molecule has 1 aromatic rings. The summed E-state index contributed by atoms with van der Waals surface area (Å²) in [4.78, 5) is 11.4. The predicted molar refractivity (Wildman–Crippen MR) is 64.5 cm³/mol.